The molecule has 0 spiro atoms. The van der Waals surface area contributed by atoms with E-state index < -0.39 is 0 Å². The van der Waals surface area contributed by atoms with Gasteiger partial charge in [-0.15, -0.1) is 0 Å². The lowest BCUT2D eigenvalue weighted by atomic mass is 10.1. The highest BCUT2D eigenvalue weighted by Gasteiger charge is 2.07. The Labute approximate surface area is 163 Å². The van der Waals surface area contributed by atoms with Crippen LogP contribution in [-0.4, -0.2) is 37.4 Å². The number of guanidine groups is 1. The zero-order valence-electron chi connectivity index (χ0n) is 15.4. The van der Waals surface area contributed by atoms with Gasteiger partial charge in [-0.05, 0) is 42.3 Å². The van der Waals surface area contributed by atoms with Crippen LogP contribution in [0.3, 0.4) is 0 Å². The summed E-state index contributed by atoms with van der Waals surface area (Å²) in [7, 11) is 3.50. The minimum absolute atomic E-state index is 0.00781. The van der Waals surface area contributed by atoms with Crippen LogP contribution in [0.1, 0.15) is 28.4 Å². The number of carbonyl (C=O) groups excluding carboxylic acids is 1. The van der Waals surface area contributed by atoms with Crippen molar-refractivity contribution in [3.05, 3.63) is 69.7 Å². The van der Waals surface area contributed by atoms with Crippen LogP contribution in [0.2, 0.25) is 0 Å². The Balaban J connectivity index is 1.97. The first-order valence-electron chi connectivity index (χ1n) is 8.57. The molecule has 2 aromatic carbocycles. The van der Waals surface area contributed by atoms with Crippen molar-refractivity contribution in [3.63, 3.8) is 0 Å². The zero-order valence-corrected chi connectivity index (χ0v) is 17.0. The largest absolute Gasteiger partial charge is 0.357 e. The Morgan fingerprint density at radius 3 is 2.42 bits per heavy atom. The minimum Gasteiger partial charge on any atom is -0.357 e. The lowest BCUT2D eigenvalue weighted by Crippen LogP contribution is -2.36. The molecule has 0 heterocycles. The van der Waals surface area contributed by atoms with E-state index in [2.05, 4.69) is 43.7 Å². The van der Waals surface area contributed by atoms with Gasteiger partial charge < -0.3 is 15.5 Å². The van der Waals surface area contributed by atoms with Crippen LogP contribution >= 0.6 is 15.9 Å². The van der Waals surface area contributed by atoms with Crippen LogP contribution in [0.5, 0.6) is 0 Å². The maximum absolute atomic E-state index is 11.9. The lowest BCUT2D eigenvalue weighted by Gasteiger charge is -2.13. The van der Waals surface area contributed by atoms with Gasteiger partial charge in [0.15, 0.2) is 5.96 Å². The van der Waals surface area contributed by atoms with Crippen LogP contribution in [-0.2, 0) is 13.1 Å². The summed E-state index contributed by atoms with van der Waals surface area (Å²) < 4.78 is 1.05. The van der Waals surface area contributed by atoms with E-state index >= 15 is 0 Å². The molecule has 0 bridgehead atoms. The van der Waals surface area contributed by atoms with Gasteiger partial charge >= 0.3 is 0 Å². The highest BCUT2D eigenvalue weighted by molar-refractivity contribution is 9.10. The standard InChI is InChI=1S/C20H25BrN4O/c1-4-22-20(24-14-16-6-5-7-18(21)12-16)23-13-15-8-10-17(11-9-15)19(26)25(2)3/h5-12H,4,13-14H2,1-3H3,(H2,22,23,24). The zero-order chi connectivity index (χ0) is 18.9. The average molecular weight is 417 g/mol. The van der Waals surface area contributed by atoms with Crippen LogP contribution in [0, 0.1) is 0 Å². The summed E-state index contributed by atoms with van der Waals surface area (Å²) in [5, 5.41) is 6.57. The highest BCUT2D eigenvalue weighted by atomic mass is 79.9. The average Bonchev–Trinajstić information content (AvgIpc) is 2.64. The van der Waals surface area contributed by atoms with Crippen molar-refractivity contribution in [2.45, 2.75) is 20.0 Å². The molecule has 1 amide bonds. The molecule has 138 valence electrons. The quantitative estimate of drug-likeness (QED) is 0.560. The molecule has 0 saturated heterocycles. The molecule has 0 aromatic heterocycles. The first kappa shape index (κ1) is 20.0. The first-order valence-corrected chi connectivity index (χ1v) is 9.36. The molecule has 0 atom stereocenters. The molecule has 0 radical (unpaired) electrons. The number of rotatable bonds is 6. The fourth-order valence-electron chi connectivity index (χ4n) is 2.36. The summed E-state index contributed by atoms with van der Waals surface area (Å²) in [6, 6.07) is 15.7. The summed E-state index contributed by atoms with van der Waals surface area (Å²) in [6.45, 7) is 4.07. The molecule has 26 heavy (non-hydrogen) atoms. The number of nitrogens with one attached hydrogen (secondary N) is 2. The number of carbonyl (C=O) groups is 1. The number of benzene rings is 2. The Hall–Kier alpha value is -2.34. The first-order chi connectivity index (χ1) is 12.5. The van der Waals surface area contributed by atoms with Gasteiger partial charge in [0.05, 0.1) is 6.54 Å². The van der Waals surface area contributed by atoms with Crippen molar-refractivity contribution in [1.82, 2.24) is 15.5 Å². The number of amides is 1. The molecule has 2 N–H and O–H groups in total. The second-order valence-electron chi connectivity index (χ2n) is 6.08. The predicted octanol–water partition coefficient (Wildman–Crippen LogP) is 3.41. The topological polar surface area (TPSA) is 56.7 Å². The van der Waals surface area contributed by atoms with Crippen molar-refractivity contribution >= 4 is 27.8 Å². The fourth-order valence-corrected chi connectivity index (χ4v) is 2.80. The van der Waals surface area contributed by atoms with Crippen molar-refractivity contribution in [1.29, 1.82) is 0 Å². The monoisotopic (exact) mass is 416 g/mol. The van der Waals surface area contributed by atoms with E-state index in [9.17, 15) is 4.79 Å². The Kier molecular flexibility index (Phi) is 7.66. The number of hydrogen-bond acceptors (Lipinski definition) is 2. The van der Waals surface area contributed by atoms with Gasteiger partial charge in [-0.2, -0.15) is 0 Å². The van der Waals surface area contributed by atoms with Gasteiger partial charge in [-0.3, -0.25) is 4.79 Å². The molecule has 0 unspecified atom stereocenters. The second-order valence-corrected chi connectivity index (χ2v) is 6.99. The molecule has 0 saturated carbocycles. The number of halogens is 1. The van der Waals surface area contributed by atoms with Gasteiger partial charge in [-0.25, -0.2) is 4.99 Å². The molecule has 0 aliphatic carbocycles. The molecule has 6 heteroatoms. The number of hydrogen-bond donors (Lipinski definition) is 2. The Bertz CT molecular complexity index is 757. The Morgan fingerprint density at radius 1 is 1.08 bits per heavy atom. The van der Waals surface area contributed by atoms with E-state index in [-0.39, 0.29) is 5.91 Å². The third-order valence-corrected chi connectivity index (χ3v) is 4.21. The van der Waals surface area contributed by atoms with Crippen molar-refractivity contribution in [2.75, 3.05) is 20.6 Å². The summed E-state index contributed by atoms with van der Waals surface area (Å²) >= 11 is 3.48. The van der Waals surface area contributed by atoms with Gasteiger partial charge in [0, 0.05) is 37.2 Å². The third-order valence-electron chi connectivity index (χ3n) is 3.72. The van der Waals surface area contributed by atoms with E-state index in [1.54, 1.807) is 19.0 Å². The van der Waals surface area contributed by atoms with Crippen LogP contribution < -0.4 is 10.6 Å². The SMILES string of the molecule is CCNC(=NCc1cccc(Br)c1)NCc1ccc(C(=O)N(C)C)cc1. The normalized spacial score (nSPS) is 11.2. The Morgan fingerprint density at radius 2 is 1.81 bits per heavy atom. The van der Waals surface area contributed by atoms with Crippen molar-refractivity contribution in [3.8, 4) is 0 Å². The molecular weight excluding hydrogens is 392 g/mol. The lowest BCUT2D eigenvalue weighted by molar-refractivity contribution is 0.0827. The van der Waals surface area contributed by atoms with Crippen LogP contribution in [0.15, 0.2) is 58.0 Å². The van der Waals surface area contributed by atoms with Gasteiger partial charge in [0.2, 0.25) is 0 Å². The molecular formula is C20H25BrN4O. The van der Waals surface area contributed by atoms with Gasteiger partial charge in [-0.1, -0.05) is 40.2 Å². The summed E-state index contributed by atoms with van der Waals surface area (Å²) in [4.78, 5) is 18.1. The summed E-state index contributed by atoms with van der Waals surface area (Å²) in [6.07, 6.45) is 0. The molecule has 0 fully saturated rings. The smallest absolute Gasteiger partial charge is 0.253 e. The third kappa shape index (κ3) is 6.19. The van der Waals surface area contributed by atoms with E-state index in [0.717, 1.165) is 28.1 Å². The maximum Gasteiger partial charge on any atom is 0.253 e. The maximum atomic E-state index is 11.9. The second kappa shape index (κ2) is 9.97. The minimum atomic E-state index is 0.00781. The van der Waals surface area contributed by atoms with E-state index in [4.69, 9.17) is 0 Å². The van der Waals surface area contributed by atoms with Crippen molar-refractivity contribution < 1.29 is 4.79 Å². The van der Waals surface area contributed by atoms with Crippen LogP contribution in [0.4, 0.5) is 0 Å². The van der Waals surface area contributed by atoms with Gasteiger partial charge in [0.1, 0.15) is 0 Å². The predicted molar refractivity (Wildman–Crippen MR) is 110 cm³/mol. The van der Waals surface area contributed by atoms with Crippen LogP contribution in [0.25, 0.3) is 0 Å². The van der Waals surface area contributed by atoms with Crippen molar-refractivity contribution in [2.24, 2.45) is 4.99 Å². The molecule has 2 aromatic rings. The summed E-state index contributed by atoms with van der Waals surface area (Å²) in [5.74, 6) is 0.773. The number of aliphatic imine (C=N–C) groups is 1. The molecule has 0 aliphatic heterocycles. The molecule has 0 aliphatic rings. The summed E-state index contributed by atoms with van der Waals surface area (Å²) in [5.41, 5.74) is 2.92. The highest BCUT2D eigenvalue weighted by Crippen LogP contribution is 2.12. The van der Waals surface area contributed by atoms with E-state index in [0.29, 0.717) is 18.7 Å². The fraction of sp³-hybridized carbons (Fsp3) is 0.300. The van der Waals surface area contributed by atoms with E-state index in [1.807, 2.05) is 43.3 Å². The number of nitrogens with zero attached hydrogens (tertiary/aromatic N) is 2. The molecule has 5 nitrogen and oxygen atoms in total. The van der Waals surface area contributed by atoms with Gasteiger partial charge in [0.25, 0.3) is 5.91 Å². The van der Waals surface area contributed by atoms with E-state index in [1.165, 1.54) is 0 Å². The molecule has 2 rings (SSSR count).